The van der Waals surface area contributed by atoms with Gasteiger partial charge in [0.15, 0.2) is 5.82 Å². The Morgan fingerprint density at radius 2 is 2.26 bits per heavy atom. The van der Waals surface area contributed by atoms with Gasteiger partial charge in [-0.25, -0.2) is 4.39 Å². The molecule has 1 unspecified atom stereocenters. The summed E-state index contributed by atoms with van der Waals surface area (Å²) in [7, 11) is 0. The normalized spacial score (nSPS) is 12.6. The van der Waals surface area contributed by atoms with E-state index in [1.165, 1.54) is 6.07 Å². The Morgan fingerprint density at radius 3 is 2.89 bits per heavy atom. The minimum atomic E-state index is -0.202. The molecule has 2 rings (SSSR count). The number of hydrogen-bond acceptors (Lipinski definition) is 4. The molecule has 0 aliphatic carbocycles. The molecule has 0 bridgehead atoms. The van der Waals surface area contributed by atoms with Gasteiger partial charge in [-0.1, -0.05) is 24.2 Å². The van der Waals surface area contributed by atoms with E-state index in [2.05, 4.69) is 22.4 Å². The van der Waals surface area contributed by atoms with Crippen LogP contribution in [0.15, 0.2) is 28.8 Å². The van der Waals surface area contributed by atoms with E-state index in [1.807, 2.05) is 6.07 Å². The third kappa shape index (κ3) is 3.86. The first-order valence-corrected chi connectivity index (χ1v) is 6.47. The lowest BCUT2D eigenvalue weighted by molar-refractivity contribution is 0.386. The average molecular weight is 263 g/mol. The zero-order valence-corrected chi connectivity index (χ0v) is 11.2. The molecule has 0 saturated heterocycles. The maximum absolute atomic E-state index is 13.2. The van der Waals surface area contributed by atoms with Crippen LogP contribution in [0.2, 0.25) is 0 Å². The number of nitrogens with one attached hydrogen (secondary N) is 1. The molecule has 1 heterocycles. The summed E-state index contributed by atoms with van der Waals surface area (Å²) in [4.78, 5) is 4.14. The molecule has 4 nitrogen and oxygen atoms in total. The SMILES string of the molecule is CCC(NCCc1noc(C)n1)c1cccc(F)c1. The number of benzene rings is 1. The van der Waals surface area contributed by atoms with Gasteiger partial charge < -0.3 is 9.84 Å². The Hall–Kier alpha value is -1.75. The molecule has 2 aromatic rings. The van der Waals surface area contributed by atoms with Crippen LogP contribution in [0.5, 0.6) is 0 Å². The molecule has 1 aromatic carbocycles. The van der Waals surface area contributed by atoms with E-state index in [1.54, 1.807) is 19.1 Å². The fraction of sp³-hybridized carbons (Fsp3) is 0.429. The van der Waals surface area contributed by atoms with Gasteiger partial charge >= 0.3 is 0 Å². The van der Waals surface area contributed by atoms with Gasteiger partial charge in [-0.15, -0.1) is 0 Å². The van der Waals surface area contributed by atoms with Crippen LogP contribution in [-0.4, -0.2) is 16.7 Å². The first-order valence-electron chi connectivity index (χ1n) is 6.47. The highest BCUT2D eigenvalue weighted by molar-refractivity contribution is 5.20. The minimum Gasteiger partial charge on any atom is -0.340 e. The molecule has 0 amide bonds. The molecule has 1 N–H and O–H groups in total. The van der Waals surface area contributed by atoms with E-state index in [9.17, 15) is 4.39 Å². The number of aromatic nitrogens is 2. The third-order valence-corrected chi connectivity index (χ3v) is 2.97. The second-order valence-electron chi connectivity index (χ2n) is 4.45. The van der Waals surface area contributed by atoms with Crippen molar-refractivity contribution < 1.29 is 8.91 Å². The highest BCUT2D eigenvalue weighted by atomic mass is 19.1. The Balaban J connectivity index is 1.89. The van der Waals surface area contributed by atoms with Gasteiger partial charge in [0.1, 0.15) is 5.82 Å². The van der Waals surface area contributed by atoms with Crippen LogP contribution >= 0.6 is 0 Å². The Kier molecular flexibility index (Phi) is 4.63. The molecule has 102 valence electrons. The van der Waals surface area contributed by atoms with Crippen LogP contribution < -0.4 is 5.32 Å². The lowest BCUT2D eigenvalue weighted by atomic mass is 10.0. The van der Waals surface area contributed by atoms with Crippen molar-refractivity contribution in [2.45, 2.75) is 32.7 Å². The van der Waals surface area contributed by atoms with Crippen molar-refractivity contribution in [3.05, 3.63) is 47.4 Å². The maximum Gasteiger partial charge on any atom is 0.223 e. The molecule has 0 saturated carbocycles. The highest BCUT2D eigenvalue weighted by Gasteiger charge is 2.10. The van der Waals surface area contributed by atoms with E-state index in [-0.39, 0.29) is 11.9 Å². The van der Waals surface area contributed by atoms with Gasteiger partial charge in [0.05, 0.1) is 0 Å². The van der Waals surface area contributed by atoms with E-state index >= 15 is 0 Å². The largest absolute Gasteiger partial charge is 0.340 e. The van der Waals surface area contributed by atoms with Gasteiger partial charge in [-0.2, -0.15) is 4.98 Å². The summed E-state index contributed by atoms with van der Waals surface area (Å²) in [5, 5.41) is 7.22. The smallest absolute Gasteiger partial charge is 0.223 e. The molecule has 1 aromatic heterocycles. The first-order chi connectivity index (χ1) is 9.19. The molecule has 19 heavy (non-hydrogen) atoms. The van der Waals surface area contributed by atoms with Crippen LogP contribution in [0.1, 0.15) is 36.7 Å². The van der Waals surface area contributed by atoms with Gasteiger partial charge in [-0.05, 0) is 24.1 Å². The average Bonchev–Trinajstić information content (AvgIpc) is 2.80. The summed E-state index contributed by atoms with van der Waals surface area (Å²) in [5.74, 6) is 1.07. The molecular weight excluding hydrogens is 245 g/mol. The predicted octanol–water partition coefficient (Wildman–Crippen LogP) is 2.80. The van der Waals surface area contributed by atoms with E-state index in [0.29, 0.717) is 18.1 Å². The lowest BCUT2D eigenvalue weighted by Crippen LogP contribution is -2.23. The number of rotatable bonds is 6. The van der Waals surface area contributed by atoms with Crippen LogP contribution in [0.4, 0.5) is 4.39 Å². The Bertz CT molecular complexity index is 527. The van der Waals surface area contributed by atoms with Crippen LogP contribution in [-0.2, 0) is 6.42 Å². The lowest BCUT2D eigenvalue weighted by Gasteiger charge is -2.16. The fourth-order valence-electron chi connectivity index (χ4n) is 2.02. The predicted molar refractivity (Wildman–Crippen MR) is 70.2 cm³/mol. The molecule has 0 fully saturated rings. The molecule has 0 aliphatic heterocycles. The van der Waals surface area contributed by atoms with Crippen LogP contribution in [0.3, 0.4) is 0 Å². The molecule has 0 spiro atoms. The van der Waals surface area contributed by atoms with Gasteiger partial charge in [-0.3, -0.25) is 0 Å². The third-order valence-electron chi connectivity index (χ3n) is 2.97. The van der Waals surface area contributed by atoms with Crippen LogP contribution in [0.25, 0.3) is 0 Å². The number of hydrogen-bond donors (Lipinski definition) is 1. The minimum absolute atomic E-state index is 0.142. The summed E-state index contributed by atoms with van der Waals surface area (Å²) in [5.41, 5.74) is 0.965. The molecule has 0 radical (unpaired) electrons. The highest BCUT2D eigenvalue weighted by Crippen LogP contribution is 2.17. The zero-order chi connectivity index (χ0) is 13.7. The van der Waals surface area contributed by atoms with Gasteiger partial charge in [0.2, 0.25) is 5.89 Å². The topological polar surface area (TPSA) is 51.0 Å². The summed E-state index contributed by atoms with van der Waals surface area (Å²) in [6, 6.07) is 6.84. The van der Waals surface area contributed by atoms with Gasteiger partial charge in [0.25, 0.3) is 0 Å². The second kappa shape index (κ2) is 6.43. The van der Waals surface area contributed by atoms with Crippen molar-refractivity contribution in [3.63, 3.8) is 0 Å². The Labute approximate surface area is 112 Å². The van der Waals surface area contributed by atoms with Crippen molar-refractivity contribution in [3.8, 4) is 0 Å². The Morgan fingerprint density at radius 1 is 1.42 bits per heavy atom. The molecule has 1 atom stereocenters. The second-order valence-corrected chi connectivity index (χ2v) is 4.45. The monoisotopic (exact) mass is 263 g/mol. The first kappa shape index (κ1) is 13.7. The summed E-state index contributed by atoms with van der Waals surface area (Å²) in [6.07, 6.45) is 1.60. The van der Waals surface area contributed by atoms with Crippen molar-refractivity contribution >= 4 is 0 Å². The fourth-order valence-corrected chi connectivity index (χ4v) is 2.02. The number of nitrogens with zero attached hydrogens (tertiary/aromatic N) is 2. The van der Waals surface area contributed by atoms with Crippen molar-refractivity contribution in [2.75, 3.05) is 6.54 Å². The zero-order valence-electron chi connectivity index (χ0n) is 11.2. The van der Waals surface area contributed by atoms with Crippen molar-refractivity contribution in [1.29, 1.82) is 0 Å². The van der Waals surface area contributed by atoms with Gasteiger partial charge in [0, 0.05) is 25.9 Å². The van der Waals surface area contributed by atoms with E-state index in [4.69, 9.17) is 4.52 Å². The van der Waals surface area contributed by atoms with E-state index < -0.39 is 0 Å². The van der Waals surface area contributed by atoms with Crippen molar-refractivity contribution in [1.82, 2.24) is 15.5 Å². The summed E-state index contributed by atoms with van der Waals surface area (Å²) >= 11 is 0. The van der Waals surface area contributed by atoms with Crippen molar-refractivity contribution in [2.24, 2.45) is 0 Å². The summed E-state index contributed by atoms with van der Waals surface area (Å²) in [6.45, 7) is 4.57. The van der Waals surface area contributed by atoms with E-state index in [0.717, 1.165) is 18.5 Å². The van der Waals surface area contributed by atoms with Crippen LogP contribution in [0, 0.1) is 12.7 Å². The molecule has 0 aliphatic rings. The molecular formula is C14H18FN3O. The quantitative estimate of drug-likeness (QED) is 0.870. The maximum atomic E-state index is 13.2. The summed E-state index contributed by atoms with van der Waals surface area (Å²) < 4.78 is 18.1. The number of halogens is 1. The number of aryl methyl sites for hydroxylation is 1. The molecule has 5 heteroatoms. The standard InChI is InChI=1S/C14H18FN3O/c1-3-13(11-5-4-6-12(15)9-11)16-8-7-14-17-10(2)19-18-14/h4-6,9,13,16H,3,7-8H2,1-2H3.